The Morgan fingerprint density at radius 3 is 1.85 bits per heavy atom. The lowest BCUT2D eigenvalue weighted by atomic mass is 10.0. The van der Waals surface area contributed by atoms with Crippen LogP contribution in [0.2, 0.25) is 0 Å². The highest BCUT2D eigenvalue weighted by Gasteiger charge is 2.34. The number of carbonyl (C=O) groups excluding carboxylic acids is 6. The van der Waals surface area contributed by atoms with Crippen LogP contribution in [0, 0.1) is 0 Å². The number of aliphatic imine (C=N–C) groups is 1. The number of nitrogens with two attached hydrogens (primary N) is 4. The molecule has 0 aliphatic carbocycles. The molecule has 0 spiro atoms. The maximum atomic E-state index is 14.3. The molecule has 0 saturated heterocycles. The second kappa shape index (κ2) is 23.3. The summed E-state index contributed by atoms with van der Waals surface area (Å²) in [7, 11) is 0. The predicted octanol–water partition coefficient (Wildman–Crippen LogP) is -1.37. The molecule has 5 atom stereocenters. The van der Waals surface area contributed by atoms with E-state index in [-0.39, 0.29) is 63.3 Å². The van der Waals surface area contributed by atoms with Crippen molar-refractivity contribution in [3.63, 3.8) is 0 Å². The molecule has 0 saturated carbocycles. The lowest BCUT2D eigenvalue weighted by molar-refractivity contribution is -0.141. The Bertz CT molecular complexity index is 1980. The molecule has 0 aliphatic rings. The van der Waals surface area contributed by atoms with Gasteiger partial charge in [0.05, 0.1) is 5.54 Å². The van der Waals surface area contributed by atoms with Gasteiger partial charge in [-0.25, -0.2) is 9.59 Å². The Labute approximate surface area is 352 Å². The minimum absolute atomic E-state index is 0.0271. The van der Waals surface area contributed by atoms with Gasteiger partial charge in [-0.15, -0.1) is 0 Å². The molecule has 3 aromatic rings. The number of fused-ring (bicyclic) bond motifs is 1. The van der Waals surface area contributed by atoms with Crippen LogP contribution in [0.1, 0.15) is 50.7 Å². The van der Waals surface area contributed by atoms with Crippen molar-refractivity contribution in [1.82, 2.24) is 36.9 Å². The molecule has 21 heteroatoms. The fourth-order valence-corrected chi connectivity index (χ4v) is 6.21. The number of carbonyl (C=O) groups is 7. The maximum absolute atomic E-state index is 14.3. The molecule has 0 radical (unpaired) electrons. The summed E-state index contributed by atoms with van der Waals surface area (Å²) in [5, 5.41) is 26.0. The third-order valence-corrected chi connectivity index (χ3v) is 9.56. The van der Waals surface area contributed by atoms with Crippen LogP contribution in [-0.4, -0.2) is 112 Å². The van der Waals surface area contributed by atoms with Crippen molar-refractivity contribution in [3.8, 4) is 0 Å². The van der Waals surface area contributed by atoms with Crippen LogP contribution < -0.4 is 54.8 Å². The van der Waals surface area contributed by atoms with E-state index in [0.29, 0.717) is 11.1 Å². The predicted molar refractivity (Wildman–Crippen MR) is 228 cm³/mol. The minimum Gasteiger partial charge on any atom is -0.480 e. The number of primary amides is 1. The number of carboxylic acids is 1. The van der Waals surface area contributed by atoms with E-state index in [1.807, 2.05) is 18.2 Å². The zero-order valence-corrected chi connectivity index (χ0v) is 34.4. The summed E-state index contributed by atoms with van der Waals surface area (Å²) in [5.74, 6) is -5.54. The number of aromatic amines is 1. The van der Waals surface area contributed by atoms with Gasteiger partial charge in [-0.1, -0.05) is 48.5 Å². The van der Waals surface area contributed by atoms with E-state index >= 15 is 0 Å². The molecule has 0 aliphatic heterocycles. The third-order valence-electron chi connectivity index (χ3n) is 9.20. The van der Waals surface area contributed by atoms with Crippen LogP contribution in [0.5, 0.6) is 0 Å². The zero-order valence-electron chi connectivity index (χ0n) is 33.5. The number of amides is 7. The molecule has 0 fully saturated rings. The van der Waals surface area contributed by atoms with Crippen molar-refractivity contribution in [2.45, 2.75) is 88.1 Å². The topological polar surface area (TPSA) is 344 Å². The number of rotatable bonds is 24. The summed E-state index contributed by atoms with van der Waals surface area (Å²) in [6, 6.07) is 8.71. The highest BCUT2D eigenvalue weighted by atomic mass is 32.1. The van der Waals surface area contributed by atoms with Gasteiger partial charge < -0.3 is 64.9 Å². The second-order valence-electron chi connectivity index (χ2n) is 14.6. The van der Waals surface area contributed by atoms with Crippen molar-refractivity contribution in [3.05, 3.63) is 71.9 Å². The van der Waals surface area contributed by atoms with Crippen LogP contribution in [0.3, 0.4) is 0 Å². The van der Waals surface area contributed by atoms with E-state index in [4.69, 9.17) is 22.9 Å². The molecule has 7 amide bonds. The van der Waals surface area contributed by atoms with Crippen molar-refractivity contribution in [1.29, 1.82) is 0 Å². The van der Waals surface area contributed by atoms with Crippen molar-refractivity contribution in [2.75, 3.05) is 18.8 Å². The van der Waals surface area contributed by atoms with Crippen molar-refractivity contribution >= 4 is 71.0 Å². The number of benzene rings is 2. The molecule has 16 N–H and O–H groups in total. The van der Waals surface area contributed by atoms with Gasteiger partial charge in [0, 0.05) is 48.8 Å². The Hall–Kier alpha value is -6.35. The number of nitrogens with zero attached hydrogens (tertiary/aromatic N) is 1. The SMILES string of the molecule is CC(C)(N)C(=O)N[C@@H](CCCNC(N)=O)C(=O)N[C@H](Cc1ccccc1)C(=O)N[C@@H](CCCN=C(N)N)C(=O)N[C@@H](Cc1c[nH]c2ccccc12)C(=O)N[C@@H](CS)C(=O)O. The summed E-state index contributed by atoms with van der Waals surface area (Å²) in [6.07, 6.45) is 1.96. The van der Waals surface area contributed by atoms with Crippen LogP contribution >= 0.6 is 12.6 Å². The molecular formula is C39H56N12O8S. The first kappa shape index (κ1) is 48.0. The van der Waals surface area contributed by atoms with Crippen LogP contribution in [0.25, 0.3) is 10.9 Å². The molecule has 0 bridgehead atoms. The standard InChI is InChI=1S/C39H56N12O8S/c1-39(2,43)36(58)51-27(15-9-17-45-38(42)59)32(53)48-28(18-22-10-4-3-5-11-22)33(54)47-26(14-8-16-44-37(40)41)31(52)49-29(34(55)50-30(21-60)35(56)57)19-23-20-46-25-13-7-6-12-24(23)25/h3-7,10-13,20,26-30,46,60H,8-9,14-19,21,43H2,1-2H3,(H,47,54)(H,48,53)(H,49,52)(H,50,55)(H,51,58)(H,56,57)(H4,40,41,44)(H3,42,45,59)/t26-,27-,28+,29-,30-/m0/s1. The molecule has 60 heavy (non-hydrogen) atoms. The fourth-order valence-electron chi connectivity index (χ4n) is 5.97. The first-order valence-corrected chi connectivity index (χ1v) is 19.8. The molecule has 326 valence electrons. The van der Waals surface area contributed by atoms with Gasteiger partial charge in [0.25, 0.3) is 0 Å². The number of urea groups is 1. The number of hydrogen-bond acceptors (Lipinski definition) is 10. The summed E-state index contributed by atoms with van der Waals surface area (Å²) in [6.45, 7) is 3.08. The molecule has 2 aromatic carbocycles. The van der Waals surface area contributed by atoms with Crippen molar-refractivity contribution in [2.24, 2.45) is 27.9 Å². The van der Waals surface area contributed by atoms with Crippen LogP contribution in [-0.2, 0) is 41.6 Å². The van der Waals surface area contributed by atoms with Gasteiger partial charge in [-0.05, 0) is 56.7 Å². The van der Waals surface area contributed by atoms with E-state index in [1.54, 1.807) is 42.6 Å². The Morgan fingerprint density at radius 1 is 0.733 bits per heavy atom. The van der Waals surface area contributed by atoms with E-state index < -0.39 is 77.3 Å². The Morgan fingerprint density at radius 2 is 1.27 bits per heavy atom. The molecular weight excluding hydrogens is 797 g/mol. The van der Waals surface area contributed by atoms with Gasteiger partial charge in [-0.2, -0.15) is 12.6 Å². The number of aromatic nitrogens is 1. The zero-order chi connectivity index (χ0) is 44.4. The molecule has 0 unspecified atom stereocenters. The number of H-pyrrole nitrogens is 1. The third kappa shape index (κ3) is 15.8. The Balaban J connectivity index is 1.96. The monoisotopic (exact) mass is 852 g/mol. The number of guanidine groups is 1. The van der Waals surface area contributed by atoms with Gasteiger partial charge >= 0.3 is 12.0 Å². The lowest BCUT2D eigenvalue weighted by Crippen LogP contribution is -2.60. The number of carboxylic acid groups (broad SMARTS) is 1. The van der Waals surface area contributed by atoms with E-state index in [0.717, 1.165) is 10.9 Å². The first-order chi connectivity index (χ1) is 28.4. The smallest absolute Gasteiger partial charge is 0.327 e. The highest BCUT2D eigenvalue weighted by Crippen LogP contribution is 2.20. The number of para-hydroxylation sites is 1. The number of hydrogen-bond donors (Lipinski definition) is 13. The molecule has 3 rings (SSSR count). The quantitative estimate of drug-likeness (QED) is 0.0216. The summed E-state index contributed by atoms with van der Waals surface area (Å²) in [5.41, 5.74) is 22.8. The highest BCUT2D eigenvalue weighted by molar-refractivity contribution is 7.80. The Kier molecular flexibility index (Phi) is 18.6. The molecule has 1 heterocycles. The van der Waals surface area contributed by atoms with Gasteiger partial charge in [0.2, 0.25) is 29.5 Å². The van der Waals surface area contributed by atoms with E-state index in [9.17, 15) is 38.7 Å². The average molecular weight is 853 g/mol. The first-order valence-electron chi connectivity index (χ1n) is 19.2. The van der Waals surface area contributed by atoms with Gasteiger partial charge in [0.1, 0.15) is 30.2 Å². The summed E-state index contributed by atoms with van der Waals surface area (Å²) >= 11 is 4.05. The average Bonchev–Trinajstić information content (AvgIpc) is 3.60. The maximum Gasteiger partial charge on any atom is 0.327 e. The fraction of sp³-hybridized carbons (Fsp3) is 0.436. The van der Waals surface area contributed by atoms with E-state index in [2.05, 4.69) is 54.5 Å². The molecule has 1 aromatic heterocycles. The van der Waals surface area contributed by atoms with Gasteiger partial charge in [0.15, 0.2) is 5.96 Å². The molecule has 20 nitrogen and oxygen atoms in total. The number of nitrogens with one attached hydrogen (secondary N) is 7. The second-order valence-corrected chi connectivity index (χ2v) is 15.0. The summed E-state index contributed by atoms with van der Waals surface area (Å²) < 4.78 is 0. The van der Waals surface area contributed by atoms with Crippen LogP contribution in [0.4, 0.5) is 4.79 Å². The van der Waals surface area contributed by atoms with Gasteiger partial charge in [-0.3, -0.25) is 29.0 Å². The van der Waals surface area contributed by atoms with E-state index in [1.165, 1.54) is 13.8 Å². The lowest BCUT2D eigenvalue weighted by Gasteiger charge is -2.28. The largest absolute Gasteiger partial charge is 0.480 e. The number of aliphatic carboxylic acids is 1. The minimum atomic E-state index is -1.37. The number of thiol groups is 1. The van der Waals surface area contributed by atoms with Crippen LogP contribution in [0.15, 0.2) is 65.8 Å². The van der Waals surface area contributed by atoms with Crippen molar-refractivity contribution < 1.29 is 38.7 Å². The normalized spacial score (nSPS) is 13.7. The summed E-state index contributed by atoms with van der Waals surface area (Å²) in [4.78, 5) is 99.1.